The molecule has 0 spiro atoms. The van der Waals surface area contributed by atoms with Gasteiger partial charge >= 0.3 is 0 Å². The van der Waals surface area contributed by atoms with Gasteiger partial charge in [-0.05, 0) is 36.4 Å². The molecule has 0 unspecified atom stereocenters. The van der Waals surface area contributed by atoms with Gasteiger partial charge in [0, 0.05) is 61.2 Å². The Morgan fingerprint density at radius 3 is 1.07 bits per heavy atom. The van der Waals surface area contributed by atoms with Crippen molar-refractivity contribution in [1.29, 1.82) is 0 Å². The molecule has 0 aliphatic rings. The summed E-state index contributed by atoms with van der Waals surface area (Å²) < 4.78 is 0. The highest BCUT2D eigenvalue weighted by molar-refractivity contribution is 5.78. The van der Waals surface area contributed by atoms with E-state index >= 15 is 0 Å². The third kappa shape index (κ3) is 8.86. The van der Waals surface area contributed by atoms with Crippen LogP contribution in [0.1, 0.15) is 106 Å². The minimum absolute atomic E-state index is 0.268. The summed E-state index contributed by atoms with van der Waals surface area (Å²) in [5.41, 5.74) is 4.64. The Morgan fingerprint density at radius 1 is 0.293 bits per heavy atom. The first-order valence-electron chi connectivity index (χ1n) is 19.8. The molecule has 0 atom stereocenters. The van der Waals surface area contributed by atoms with Gasteiger partial charge in [0.2, 0.25) is 0 Å². The summed E-state index contributed by atoms with van der Waals surface area (Å²) >= 11 is 0. The molecule has 7 rings (SSSR count). The minimum Gasteiger partial charge on any atom is -0.256 e. The lowest BCUT2D eigenvalue weighted by Gasteiger charge is -2.23. The second-order valence-electron chi connectivity index (χ2n) is 18.9. The maximum Gasteiger partial charge on any atom is 0.164 e. The molecule has 58 heavy (non-hydrogen) atoms. The molecule has 0 amide bonds. The van der Waals surface area contributed by atoms with Crippen molar-refractivity contribution in [2.24, 2.45) is 0 Å². The molecule has 0 N–H and O–H groups in total. The maximum atomic E-state index is 5.18. The van der Waals surface area contributed by atoms with E-state index in [0.29, 0.717) is 29.1 Å². The fraction of sp³-hybridized carbons (Fsp3) is 0.333. The average molecular weight is 769 g/mol. The van der Waals surface area contributed by atoms with Crippen molar-refractivity contribution in [3.8, 4) is 68.2 Å². The number of benzene rings is 3. The number of hydrogen-bond acceptors (Lipinski definition) is 10. The predicted octanol–water partition coefficient (Wildman–Crippen LogP) is 10.8. The Bertz CT molecular complexity index is 2530. The first-order chi connectivity index (χ1) is 27.2. The normalized spacial score (nSPS) is 12.5. The predicted molar refractivity (Wildman–Crippen MR) is 232 cm³/mol. The van der Waals surface area contributed by atoms with Gasteiger partial charge in [0.1, 0.15) is 23.3 Å². The van der Waals surface area contributed by atoms with Gasteiger partial charge in [-0.15, -0.1) is 0 Å². The lowest BCUT2D eigenvalue weighted by molar-refractivity contribution is 0.497. The van der Waals surface area contributed by atoms with Gasteiger partial charge in [0.15, 0.2) is 29.1 Å². The third-order valence-electron chi connectivity index (χ3n) is 9.41. The van der Waals surface area contributed by atoms with Crippen molar-refractivity contribution in [2.45, 2.75) is 105 Å². The molecule has 0 fully saturated rings. The van der Waals surface area contributed by atoms with E-state index < -0.39 is 0 Å². The highest BCUT2D eigenvalue weighted by atomic mass is 15.1. The summed E-state index contributed by atoms with van der Waals surface area (Å²) in [5.74, 6) is 5.69. The Hall–Kier alpha value is -6.16. The first kappa shape index (κ1) is 40.1. The van der Waals surface area contributed by atoms with Crippen molar-refractivity contribution in [3.63, 3.8) is 0 Å². The highest BCUT2D eigenvalue weighted by Crippen LogP contribution is 2.35. The zero-order valence-corrected chi connectivity index (χ0v) is 35.7. The number of rotatable bonds is 6. The molecule has 10 heteroatoms. The van der Waals surface area contributed by atoms with E-state index in [1.54, 1.807) is 6.20 Å². The molecule has 7 aromatic rings. The summed E-state index contributed by atoms with van der Waals surface area (Å²) in [4.78, 5) is 50.0. The second-order valence-corrected chi connectivity index (χ2v) is 18.9. The molecular weight excluding hydrogens is 717 g/mol. The molecule has 10 nitrogen and oxygen atoms in total. The van der Waals surface area contributed by atoms with Gasteiger partial charge in [-0.3, -0.25) is 4.98 Å². The topological polar surface area (TPSA) is 129 Å². The number of aromatic nitrogens is 10. The minimum atomic E-state index is -0.300. The fourth-order valence-corrected chi connectivity index (χ4v) is 6.07. The molecule has 294 valence electrons. The summed E-state index contributed by atoms with van der Waals surface area (Å²) in [6, 6.07) is 30.1. The van der Waals surface area contributed by atoms with E-state index in [9.17, 15) is 0 Å². The quantitative estimate of drug-likeness (QED) is 0.161. The molecule has 4 aromatic heterocycles. The van der Waals surface area contributed by atoms with E-state index in [-0.39, 0.29) is 21.7 Å². The van der Waals surface area contributed by atoms with Crippen LogP contribution >= 0.6 is 0 Å². The summed E-state index contributed by atoms with van der Waals surface area (Å²) in [7, 11) is 0. The summed E-state index contributed by atoms with van der Waals surface area (Å²) in [5, 5.41) is 0. The smallest absolute Gasteiger partial charge is 0.164 e. The van der Waals surface area contributed by atoms with Gasteiger partial charge in [-0.2, -0.15) is 0 Å². The van der Waals surface area contributed by atoms with E-state index in [0.717, 1.165) is 62.4 Å². The van der Waals surface area contributed by atoms with Crippen LogP contribution < -0.4 is 0 Å². The monoisotopic (exact) mass is 768 g/mol. The molecule has 0 saturated heterocycles. The number of nitrogens with zero attached hydrogens (tertiary/aromatic N) is 10. The van der Waals surface area contributed by atoms with Gasteiger partial charge in [-0.25, -0.2) is 44.9 Å². The first-order valence-corrected chi connectivity index (χ1v) is 19.8. The van der Waals surface area contributed by atoms with Crippen LogP contribution in [0.3, 0.4) is 0 Å². The van der Waals surface area contributed by atoms with E-state index in [2.05, 4.69) is 101 Å². The van der Waals surface area contributed by atoms with Crippen LogP contribution in [0.4, 0.5) is 0 Å². The lowest BCUT2D eigenvalue weighted by atomic mass is 9.92. The Labute approximate surface area is 342 Å². The van der Waals surface area contributed by atoms with Crippen molar-refractivity contribution in [3.05, 3.63) is 120 Å². The van der Waals surface area contributed by atoms with Crippen LogP contribution in [0.15, 0.2) is 97.2 Å². The van der Waals surface area contributed by atoms with E-state index in [4.69, 9.17) is 49.8 Å². The van der Waals surface area contributed by atoms with Gasteiger partial charge in [0.25, 0.3) is 0 Å². The maximum absolute atomic E-state index is 5.18. The van der Waals surface area contributed by atoms with Crippen molar-refractivity contribution in [2.75, 3.05) is 0 Å². The average Bonchev–Trinajstić information content (AvgIpc) is 3.19. The summed E-state index contributed by atoms with van der Waals surface area (Å²) in [6.07, 6.45) is 1.79. The standard InChI is InChI=1S/C48H52N10/c1-45(2,3)41-53-38(54-42(57-41)46(4,5)6)31-22-18-21-30(25-31)37-50-36(29-19-14-13-15-20-29)51-39(52-37)33-26-32(35-23-16-17-24-49-35)27-34(28-33)40-55-43(47(7,8)9)58-44(56-40)48(10,11)12/h13-28H,1-12H3. The van der Waals surface area contributed by atoms with Crippen LogP contribution in [-0.2, 0) is 21.7 Å². The molecular formula is C48H52N10. The second kappa shape index (κ2) is 15.0. The Balaban J connectivity index is 1.45. The molecule has 0 saturated carbocycles. The molecule has 0 radical (unpaired) electrons. The third-order valence-corrected chi connectivity index (χ3v) is 9.41. The number of pyridine rings is 1. The Morgan fingerprint density at radius 2 is 0.638 bits per heavy atom. The largest absolute Gasteiger partial charge is 0.256 e. The van der Waals surface area contributed by atoms with Crippen LogP contribution in [0, 0.1) is 0 Å². The molecule has 4 heterocycles. The van der Waals surface area contributed by atoms with E-state index in [1.165, 1.54) is 0 Å². The van der Waals surface area contributed by atoms with Crippen molar-refractivity contribution >= 4 is 0 Å². The fourth-order valence-electron chi connectivity index (χ4n) is 6.07. The van der Waals surface area contributed by atoms with Crippen LogP contribution in [0.25, 0.3) is 68.2 Å². The zero-order valence-electron chi connectivity index (χ0n) is 35.7. The SMILES string of the molecule is CC(C)(C)c1nc(-c2cccc(-c3nc(-c4ccccc4)nc(-c4cc(-c5ccccn5)cc(-c5nc(C(C)(C)C)nc(C(C)(C)C)n5)c4)n3)c2)nc(C(C)(C)C)n1. The van der Waals surface area contributed by atoms with Gasteiger partial charge < -0.3 is 0 Å². The zero-order chi connectivity index (χ0) is 41.6. The number of hydrogen-bond donors (Lipinski definition) is 0. The van der Waals surface area contributed by atoms with Crippen molar-refractivity contribution < 1.29 is 0 Å². The van der Waals surface area contributed by atoms with Crippen LogP contribution in [0.2, 0.25) is 0 Å². The van der Waals surface area contributed by atoms with Gasteiger partial charge in [-0.1, -0.05) is 138 Å². The van der Waals surface area contributed by atoms with E-state index in [1.807, 2.05) is 72.8 Å². The Kier molecular flexibility index (Phi) is 10.3. The van der Waals surface area contributed by atoms with Crippen LogP contribution in [0.5, 0.6) is 0 Å². The molecule has 0 aliphatic carbocycles. The highest BCUT2D eigenvalue weighted by Gasteiger charge is 2.28. The molecule has 3 aromatic carbocycles. The molecule has 0 bridgehead atoms. The van der Waals surface area contributed by atoms with Crippen molar-refractivity contribution in [1.82, 2.24) is 49.8 Å². The summed E-state index contributed by atoms with van der Waals surface area (Å²) in [6.45, 7) is 25.4. The lowest BCUT2D eigenvalue weighted by Crippen LogP contribution is -2.24. The molecule has 0 aliphatic heterocycles. The van der Waals surface area contributed by atoms with Gasteiger partial charge in [0.05, 0.1) is 5.69 Å². The van der Waals surface area contributed by atoms with Crippen LogP contribution in [-0.4, -0.2) is 49.8 Å².